The van der Waals surface area contributed by atoms with E-state index in [2.05, 4.69) is 5.32 Å². The second kappa shape index (κ2) is 10.5. The standard InChI is InChI=1S/C24H29N3O6S/c1-32-22-10-9-18(34(30,31)27-13-15-33-16-14-27)17-20(22)23(28)25-21-8-4-3-7-19(21)24(29)26-11-5-2-6-12-26/h3-4,7-10,17H,2,5-6,11-16H2,1H3,(H,25,28). The number of nitrogens with zero attached hydrogens (tertiary/aromatic N) is 2. The minimum atomic E-state index is -3.80. The number of methoxy groups -OCH3 is 1. The van der Waals surface area contributed by atoms with Gasteiger partial charge in [-0.15, -0.1) is 0 Å². The molecule has 2 saturated heterocycles. The molecule has 0 saturated carbocycles. The van der Waals surface area contributed by atoms with E-state index in [0.29, 0.717) is 37.6 Å². The number of morpholine rings is 1. The fraction of sp³-hybridized carbons (Fsp3) is 0.417. The first-order valence-corrected chi connectivity index (χ1v) is 12.8. The highest BCUT2D eigenvalue weighted by molar-refractivity contribution is 7.89. The van der Waals surface area contributed by atoms with E-state index in [0.717, 1.165) is 19.3 Å². The molecule has 10 heteroatoms. The quantitative estimate of drug-likeness (QED) is 0.672. The lowest BCUT2D eigenvalue weighted by Crippen LogP contribution is -2.40. The number of likely N-dealkylation sites (tertiary alicyclic amines) is 1. The Bertz CT molecular complexity index is 1160. The van der Waals surface area contributed by atoms with Crippen LogP contribution in [0.15, 0.2) is 47.4 Å². The van der Waals surface area contributed by atoms with Crippen molar-refractivity contribution in [2.45, 2.75) is 24.2 Å². The van der Waals surface area contributed by atoms with E-state index in [-0.39, 0.29) is 35.2 Å². The minimum absolute atomic E-state index is 0.00183. The van der Waals surface area contributed by atoms with Gasteiger partial charge in [0.25, 0.3) is 11.8 Å². The molecule has 0 radical (unpaired) electrons. The summed E-state index contributed by atoms with van der Waals surface area (Å²) in [4.78, 5) is 28.1. The molecule has 2 heterocycles. The third-order valence-electron chi connectivity index (χ3n) is 6.07. The molecule has 0 aliphatic carbocycles. The van der Waals surface area contributed by atoms with Gasteiger partial charge >= 0.3 is 0 Å². The van der Waals surface area contributed by atoms with Gasteiger partial charge in [0.05, 0.1) is 42.0 Å². The summed E-state index contributed by atoms with van der Waals surface area (Å²) in [6.45, 7) is 2.53. The Balaban J connectivity index is 1.61. The maximum absolute atomic E-state index is 13.3. The zero-order valence-electron chi connectivity index (χ0n) is 19.2. The predicted molar refractivity (Wildman–Crippen MR) is 127 cm³/mol. The smallest absolute Gasteiger partial charge is 0.259 e. The maximum Gasteiger partial charge on any atom is 0.259 e. The molecular formula is C24H29N3O6S. The van der Waals surface area contributed by atoms with Crippen molar-refractivity contribution in [1.82, 2.24) is 9.21 Å². The molecule has 4 rings (SSSR count). The van der Waals surface area contributed by atoms with Gasteiger partial charge in [0.2, 0.25) is 10.0 Å². The van der Waals surface area contributed by atoms with Crippen LogP contribution in [0.2, 0.25) is 0 Å². The molecule has 2 aliphatic heterocycles. The zero-order chi connectivity index (χ0) is 24.1. The highest BCUT2D eigenvalue weighted by Gasteiger charge is 2.28. The molecule has 182 valence electrons. The van der Waals surface area contributed by atoms with E-state index in [1.54, 1.807) is 29.2 Å². The van der Waals surface area contributed by atoms with E-state index in [1.165, 1.54) is 29.6 Å². The number of piperidine rings is 1. The summed E-state index contributed by atoms with van der Waals surface area (Å²) in [7, 11) is -2.38. The van der Waals surface area contributed by atoms with Crippen LogP contribution >= 0.6 is 0 Å². The van der Waals surface area contributed by atoms with Gasteiger partial charge < -0.3 is 19.7 Å². The molecule has 2 aromatic rings. The van der Waals surface area contributed by atoms with Gasteiger partial charge in [0.1, 0.15) is 5.75 Å². The van der Waals surface area contributed by atoms with Crippen molar-refractivity contribution in [2.24, 2.45) is 0 Å². The molecular weight excluding hydrogens is 458 g/mol. The van der Waals surface area contributed by atoms with Gasteiger partial charge in [-0.25, -0.2) is 8.42 Å². The molecule has 34 heavy (non-hydrogen) atoms. The number of rotatable bonds is 6. The Labute approximate surface area is 199 Å². The van der Waals surface area contributed by atoms with Crippen molar-refractivity contribution in [1.29, 1.82) is 0 Å². The van der Waals surface area contributed by atoms with Crippen LogP contribution < -0.4 is 10.1 Å². The summed E-state index contributed by atoms with van der Waals surface area (Å²) in [5, 5.41) is 2.78. The highest BCUT2D eigenvalue weighted by Crippen LogP contribution is 2.27. The predicted octanol–water partition coefficient (Wildman–Crippen LogP) is 2.59. The van der Waals surface area contributed by atoms with Crippen molar-refractivity contribution >= 4 is 27.5 Å². The Morgan fingerprint density at radius 1 is 0.941 bits per heavy atom. The molecule has 2 amide bonds. The third-order valence-corrected chi connectivity index (χ3v) is 7.97. The van der Waals surface area contributed by atoms with E-state index in [4.69, 9.17) is 9.47 Å². The lowest BCUT2D eigenvalue weighted by molar-refractivity contribution is 0.0725. The van der Waals surface area contributed by atoms with Crippen LogP contribution in [0.1, 0.15) is 40.0 Å². The largest absolute Gasteiger partial charge is 0.496 e. The third kappa shape index (κ3) is 5.08. The maximum atomic E-state index is 13.3. The van der Waals surface area contributed by atoms with Crippen LogP contribution in [0, 0.1) is 0 Å². The average molecular weight is 488 g/mol. The molecule has 2 fully saturated rings. The highest BCUT2D eigenvalue weighted by atomic mass is 32.2. The molecule has 0 spiro atoms. The van der Waals surface area contributed by atoms with Crippen LogP contribution in [-0.4, -0.2) is 75.9 Å². The first-order chi connectivity index (χ1) is 16.4. The Morgan fingerprint density at radius 2 is 1.65 bits per heavy atom. The number of hydrogen-bond acceptors (Lipinski definition) is 6. The molecule has 1 N–H and O–H groups in total. The monoisotopic (exact) mass is 487 g/mol. The summed E-state index contributed by atoms with van der Waals surface area (Å²) in [6, 6.07) is 11.0. The fourth-order valence-electron chi connectivity index (χ4n) is 4.20. The van der Waals surface area contributed by atoms with E-state index in [9.17, 15) is 18.0 Å². The van der Waals surface area contributed by atoms with Gasteiger partial charge in [-0.1, -0.05) is 12.1 Å². The van der Waals surface area contributed by atoms with E-state index >= 15 is 0 Å². The number of ether oxygens (including phenoxy) is 2. The lowest BCUT2D eigenvalue weighted by atomic mass is 10.1. The number of carbonyl (C=O) groups excluding carboxylic acids is 2. The Morgan fingerprint density at radius 3 is 2.35 bits per heavy atom. The van der Waals surface area contributed by atoms with Gasteiger partial charge in [0, 0.05) is 26.2 Å². The first kappa shape index (κ1) is 24.2. The zero-order valence-corrected chi connectivity index (χ0v) is 20.0. The number of anilines is 1. The van der Waals surface area contributed by atoms with Gasteiger partial charge in [0.15, 0.2) is 0 Å². The Hall–Kier alpha value is -2.95. The molecule has 0 aromatic heterocycles. The normalized spacial score (nSPS) is 17.3. The number of para-hydroxylation sites is 1. The van der Waals surface area contributed by atoms with Crippen LogP contribution in [-0.2, 0) is 14.8 Å². The summed E-state index contributed by atoms with van der Waals surface area (Å²) in [6.07, 6.45) is 3.02. The van der Waals surface area contributed by atoms with Gasteiger partial charge in [-0.3, -0.25) is 9.59 Å². The number of benzene rings is 2. The van der Waals surface area contributed by atoms with Crippen molar-refractivity contribution in [3.05, 3.63) is 53.6 Å². The molecule has 2 aliphatic rings. The molecule has 0 atom stereocenters. The number of sulfonamides is 1. The van der Waals surface area contributed by atoms with Gasteiger partial charge in [-0.05, 0) is 49.6 Å². The summed E-state index contributed by atoms with van der Waals surface area (Å²) >= 11 is 0. The average Bonchev–Trinajstić information content (AvgIpc) is 2.89. The first-order valence-electron chi connectivity index (χ1n) is 11.4. The van der Waals surface area contributed by atoms with Gasteiger partial charge in [-0.2, -0.15) is 4.31 Å². The Kier molecular flexibility index (Phi) is 7.50. The van der Waals surface area contributed by atoms with Crippen LogP contribution in [0.4, 0.5) is 5.69 Å². The van der Waals surface area contributed by atoms with Crippen molar-refractivity contribution in [3.63, 3.8) is 0 Å². The topological polar surface area (TPSA) is 105 Å². The van der Waals surface area contributed by atoms with Crippen LogP contribution in [0.5, 0.6) is 5.75 Å². The number of amides is 2. The number of carbonyl (C=O) groups is 2. The van der Waals surface area contributed by atoms with E-state index in [1.807, 2.05) is 0 Å². The molecule has 0 bridgehead atoms. The van der Waals surface area contributed by atoms with Crippen LogP contribution in [0.3, 0.4) is 0 Å². The second-order valence-electron chi connectivity index (χ2n) is 8.23. The summed E-state index contributed by atoms with van der Waals surface area (Å²) in [5.41, 5.74) is 0.831. The minimum Gasteiger partial charge on any atom is -0.496 e. The molecule has 0 unspecified atom stereocenters. The van der Waals surface area contributed by atoms with E-state index < -0.39 is 15.9 Å². The molecule has 2 aromatic carbocycles. The fourth-order valence-corrected chi connectivity index (χ4v) is 5.63. The summed E-state index contributed by atoms with van der Waals surface area (Å²) in [5.74, 6) is -0.459. The van der Waals surface area contributed by atoms with Crippen molar-refractivity contribution < 1.29 is 27.5 Å². The number of nitrogens with one attached hydrogen (secondary N) is 1. The van der Waals surface area contributed by atoms with Crippen molar-refractivity contribution in [3.8, 4) is 5.75 Å². The van der Waals surface area contributed by atoms with Crippen LogP contribution in [0.25, 0.3) is 0 Å². The number of hydrogen-bond donors (Lipinski definition) is 1. The van der Waals surface area contributed by atoms with Crippen molar-refractivity contribution in [2.75, 3.05) is 51.8 Å². The SMILES string of the molecule is COc1ccc(S(=O)(=O)N2CCOCC2)cc1C(=O)Nc1ccccc1C(=O)N1CCCCC1. The second-order valence-corrected chi connectivity index (χ2v) is 10.2. The molecule has 9 nitrogen and oxygen atoms in total. The summed E-state index contributed by atoms with van der Waals surface area (Å²) < 4.78 is 38.1. The lowest BCUT2D eigenvalue weighted by Gasteiger charge is -2.27.